The summed E-state index contributed by atoms with van der Waals surface area (Å²) in [6.07, 6.45) is 7.74. The van der Waals surface area contributed by atoms with E-state index in [1.54, 1.807) is 0 Å². The van der Waals surface area contributed by atoms with Gasteiger partial charge in [0.05, 0.1) is 5.69 Å². The van der Waals surface area contributed by atoms with Crippen molar-refractivity contribution in [3.63, 3.8) is 0 Å². The van der Waals surface area contributed by atoms with Gasteiger partial charge in [0.2, 0.25) is 0 Å². The maximum atomic E-state index is 4.42. The molecule has 2 nitrogen and oxygen atoms in total. The monoisotopic (exact) mass is 216 g/mol. The van der Waals surface area contributed by atoms with E-state index in [1.165, 1.54) is 43.5 Å². The van der Waals surface area contributed by atoms with Crippen molar-refractivity contribution in [3.05, 3.63) is 29.6 Å². The van der Waals surface area contributed by atoms with Gasteiger partial charge in [-0.15, -0.1) is 0 Å². The number of nitrogens with zero attached hydrogens (tertiary/aromatic N) is 1. The summed E-state index contributed by atoms with van der Waals surface area (Å²) in [6, 6.07) is 4.14. The van der Waals surface area contributed by atoms with Crippen molar-refractivity contribution in [2.45, 2.75) is 39.2 Å². The fourth-order valence-corrected chi connectivity index (χ4v) is 2.72. The molecule has 16 heavy (non-hydrogen) atoms. The van der Waals surface area contributed by atoms with Gasteiger partial charge in [0.15, 0.2) is 0 Å². The molecule has 86 valence electrons. The molecule has 0 radical (unpaired) electrons. The highest BCUT2D eigenvalue weighted by atomic mass is 14.9. The SMILES string of the molecule is Cc1cccnc1CNCC1(C2CC2)CC1. The zero-order chi connectivity index (χ0) is 11.0. The summed E-state index contributed by atoms with van der Waals surface area (Å²) >= 11 is 0. The Morgan fingerprint density at radius 2 is 2.25 bits per heavy atom. The second-order valence-electron chi connectivity index (χ2n) is 5.51. The van der Waals surface area contributed by atoms with Crippen LogP contribution in [0.2, 0.25) is 0 Å². The first-order valence-corrected chi connectivity index (χ1v) is 6.41. The van der Waals surface area contributed by atoms with Gasteiger partial charge in [0, 0.05) is 19.3 Å². The number of pyridine rings is 1. The Kier molecular flexibility index (Phi) is 2.47. The summed E-state index contributed by atoms with van der Waals surface area (Å²) in [6.45, 7) is 4.27. The van der Waals surface area contributed by atoms with Crippen molar-refractivity contribution in [2.75, 3.05) is 6.54 Å². The lowest BCUT2D eigenvalue weighted by atomic mass is 10.0. The van der Waals surface area contributed by atoms with E-state index in [2.05, 4.69) is 23.3 Å². The van der Waals surface area contributed by atoms with Crippen molar-refractivity contribution in [2.24, 2.45) is 11.3 Å². The second-order valence-corrected chi connectivity index (χ2v) is 5.51. The van der Waals surface area contributed by atoms with E-state index in [0.29, 0.717) is 5.41 Å². The standard InChI is InChI=1S/C14H20N2/c1-11-3-2-8-16-13(11)9-15-10-14(6-7-14)12-4-5-12/h2-3,8,12,15H,4-7,9-10H2,1H3. The Morgan fingerprint density at radius 1 is 1.44 bits per heavy atom. The minimum atomic E-state index is 0.697. The van der Waals surface area contributed by atoms with Crippen molar-refractivity contribution >= 4 is 0 Å². The molecule has 2 aliphatic rings. The molecule has 0 saturated heterocycles. The van der Waals surface area contributed by atoms with E-state index < -0.39 is 0 Å². The van der Waals surface area contributed by atoms with Crippen LogP contribution in [0.15, 0.2) is 18.3 Å². The van der Waals surface area contributed by atoms with Crippen molar-refractivity contribution < 1.29 is 0 Å². The first kappa shape index (κ1) is 10.3. The third-order valence-electron chi connectivity index (χ3n) is 4.22. The van der Waals surface area contributed by atoms with E-state index in [9.17, 15) is 0 Å². The Bertz CT molecular complexity index is 378. The van der Waals surface area contributed by atoms with E-state index >= 15 is 0 Å². The van der Waals surface area contributed by atoms with Crippen LogP contribution in [0.25, 0.3) is 0 Å². The summed E-state index contributed by atoms with van der Waals surface area (Å²) in [4.78, 5) is 4.42. The Hall–Kier alpha value is -0.890. The normalized spacial score (nSPS) is 22.1. The van der Waals surface area contributed by atoms with E-state index in [0.717, 1.165) is 12.5 Å². The van der Waals surface area contributed by atoms with Crippen LogP contribution in [-0.4, -0.2) is 11.5 Å². The lowest BCUT2D eigenvalue weighted by Gasteiger charge is -2.15. The van der Waals surface area contributed by atoms with Gasteiger partial charge in [0.1, 0.15) is 0 Å². The Labute approximate surface area is 97.5 Å². The maximum absolute atomic E-state index is 4.42. The fourth-order valence-electron chi connectivity index (χ4n) is 2.72. The topological polar surface area (TPSA) is 24.9 Å². The average molecular weight is 216 g/mol. The smallest absolute Gasteiger partial charge is 0.0570 e. The number of aromatic nitrogens is 1. The molecule has 0 unspecified atom stereocenters. The molecular weight excluding hydrogens is 196 g/mol. The molecule has 1 aromatic heterocycles. The van der Waals surface area contributed by atoms with Crippen molar-refractivity contribution in [3.8, 4) is 0 Å². The lowest BCUT2D eigenvalue weighted by molar-refractivity contribution is 0.402. The molecule has 2 heteroatoms. The Morgan fingerprint density at radius 3 is 2.88 bits per heavy atom. The highest BCUT2D eigenvalue weighted by Crippen LogP contribution is 2.60. The van der Waals surface area contributed by atoms with Crippen LogP contribution in [0.5, 0.6) is 0 Å². The fraction of sp³-hybridized carbons (Fsp3) is 0.643. The van der Waals surface area contributed by atoms with E-state index in [1.807, 2.05) is 12.3 Å². The maximum Gasteiger partial charge on any atom is 0.0570 e. The van der Waals surface area contributed by atoms with Crippen LogP contribution in [0.4, 0.5) is 0 Å². The van der Waals surface area contributed by atoms with Crippen LogP contribution in [0.3, 0.4) is 0 Å². The molecular formula is C14H20N2. The first-order valence-electron chi connectivity index (χ1n) is 6.41. The summed E-state index contributed by atoms with van der Waals surface area (Å²) in [5.74, 6) is 1.05. The highest BCUT2D eigenvalue weighted by Gasteiger charge is 2.53. The molecule has 1 N–H and O–H groups in total. The predicted molar refractivity (Wildman–Crippen MR) is 65.1 cm³/mol. The number of nitrogens with one attached hydrogen (secondary N) is 1. The van der Waals surface area contributed by atoms with Crippen LogP contribution >= 0.6 is 0 Å². The third-order valence-corrected chi connectivity index (χ3v) is 4.22. The summed E-state index contributed by atoms with van der Waals surface area (Å²) in [5.41, 5.74) is 3.20. The second kappa shape index (κ2) is 3.85. The molecule has 0 atom stereocenters. The number of aryl methyl sites for hydroxylation is 1. The lowest BCUT2D eigenvalue weighted by Crippen LogP contribution is -2.25. The molecule has 0 amide bonds. The largest absolute Gasteiger partial charge is 0.311 e. The van der Waals surface area contributed by atoms with E-state index in [-0.39, 0.29) is 0 Å². The van der Waals surface area contributed by atoms with Gasteiger partial charge in [-0.05, 0) is 55.6 Å². The average Bonchev–Trinajstić information content (AvgIpc) is 3.15. The summed E-state index contributed by atoms with van der Waals surface area (Å²) in [7, 11) is 0. The Balaban J connectivity index is 1.52. The summed E-state index contributed by atoms with van der Waals surface area (Å²) < 4.78 is 0. The molecule has 1 aromatic rings. The molecule has 0 bridgehead atoms. The minimum absolute atomic E-state index is 0.697. The van der Waals surface area contributed by atoms with Crippen LogP contribution in [-0.2, 0) is 6.54 Å². The molecule has 1 heterocycles. The van der Waals surface area contributed by atoms with Gasteiger partial charge in [-0.2, -0.15) is 0 Å². The molecule has 2 saturated carbocycles. The van der Waals surface area contributed by atoms with Gasteiger partial charge in [-0.1, -0.05) is 6.07 Å². The number of hydrogen-bond donors (Lipinski definition) is 1. The molecule has 3 rings (SSSR count). The van der Waals surface area contributed by atoms with Crippen LogP contribution < -0.4 is 5.32 Å². The van der Waals surface area contributed by atoms with Gasteiger partial charge < -0.3 is 5.32 Å². The number of rotatable bonds is 5. The van der Waals surface area contributed by atoms with Gasteiger partial charge >= 0.3 is 0 Å². The first-order chi connectivity index (χ1) is 7.80. The molecule has 0 spiro atoms. The predicted octanol–water partition coefficient (Wildman–Crippen LogP) is 2.67. The van der Waals surface area contributed by atoms with Crippen molar-refractivity contribution in [1.29, 1.82) is 0 Å². The molecule has 2 aliphatic carbocycles. The molecule has 0 aliphatic heterocycles. The quantitative estimate of drug-likeness (QED) is 0.818. The summed E-state index contributed by atoms with van der Waals surface area (Å²) in [5, 5.41) is 3.60. The van der Waals surface area contributed by atoms with Gasteiger partial charge in [0.25, 0.3) is 0 Å². The van der Waals surface area contributed by atoms with Gasteiger partial charge in [-0.3, -0.25) is 4.98 Å². The number of hydrogen-bond acceptors (Lipinski definition) is 2. The third kappa shape index (κ3) is 1.99. The van der Waals surface area contributed by atoms with Crippen LogP contribution in [0.1, 0.15) is 36.9 Å². The zero-order valence-corrected chi connectivity index (χ0v) is 10.00. The minimum Gasteiger partial charge on any atom is -0.311 e. The molecule has 2 fully saturated rings. The zero-order valence-electron chi connectivity index (χ0n) is 10.00. The van der Waals surface area contributed by atoms with Gasteiger partial charge in [-0.25, -0.2) is 0 Å². The molecule has 0 aromatic carbocycles. The van der Waals surface area contributed by atoms with Crippen LogP contribution in [0, 0.1) is 18.3 Å². The highest BCUT2D eigenvalue weighted by molar-refractivity contribution is 5.17. The van der Waals surface area contributed by atoms with E-state index in [4.69, 9.17) is 0 Å². The van der Waals surface area contributed by atoms with Crippen molar-refractivity contribution in [1.82, 2.24) is 10.3 Å².